The van der Waals surface area contributed by atoms with Gasteiger partial charge in [0.15, 0.2) is 0 Å². The zero-order valence-corrected chi connectivity index (χ0v) is 19.8. The number of rotatable bonds is 6. The molecule has 0 radical (unpaired) electrons. The fraction of sp³-hybridized carbons (Fsp3) is 0.960. The van der Waals surface area contributed by atoms with Gasteiger partial charge in [0.1, 0.15) is 0 Å². The summed E-state index contributed by atoms with van der Waals surface area (Å²) in [5, 5.41) is 18.6. The topological polar surface area (TPSA) is 71.1 Å². The molecule has 4 aliphatic carbocycles. The number of nitrogens with two attached hydrogens (primary N) is 1. The second kappa shape index (κ2) is 8.37. The van der Waals surface area contributed by atoms with Crippen molar-refractivity contribution in [1.29, 1.82) is 0 Å². The maximum Gasteiger partial charge on any atom is 0.0738 e. The van der Waals surface area contributed by atoms with Crippen LogP contribution in [0.2, 0.25) is 0 Å². The van der Waals surface area contributed by atoms with Crippen molar-refractivity contribution in [2.75, 3.05) is 27.2 Å². The maximum atomic E-state index is 12.2. The normalized spacial score (nSPS) is 48.3. The lowest BCUT2D eigenvalue weighted by Crippen LogP contribution is -2.62. The van der Waals surface area contributed by atoms with Crippen LogP contribution in [0.25, 0.3) is 0 Å². The van der Waals surface area contributed by atoms with Gasteiger partial charge in [0.2, 0.25) is 0 Å². The van der Waals surface area contributed by atoms with E-state index in [1.165, 1.54) is 38.5 Å². The van der Waals surface area contributed by atoms with Gasteiger partial charge in [0.25, 0.3) is 0 Å². The van der Waals surface area contributed by atoms with Gasteiger partial charge < -0.3 is 20.6 Å². The molecule has 0 bridgehead atoms. The minimum atomic E-state index is -0.526. The maximum absolute atomic E-state index is 12.2. The van der Waals surface area contributed by atoms with Crippen molar-refractivity contribution in [3.63, 3.8) is 0 Å². The second-order valence-corrected chi connectivity index (χ2v) is 11.5. The highest BCUT2D eigenvalue weighted by Crippen LogP contribution is 2.68. The van der Waals surface area contributed by atoms with Crippen molar-refractivity contribution in [3.05, 3.63) is 0 Å². The number of nitrogens with zero attached hydrogens (tertiary/aromatic N) is 2. The molecule has 0 aromatic rings. The molecular formula is C25H45N3O2. The number of aliphatic hydroxyl groups is 1. The van der Waals surface area contributed by atoms with Crippen LogP contribution in [0.4, 0.5) is 0 Å². The Bertz CT molecular complexity index is 640. The lowest BCUT2D eigenvalue weighted by Gasteiger charge is -2.63. The lowest BCUT2D eigenvalue weighted by molar-refractivity contribution is -0.207. The Morgan fingerprint density at radius 3 is 2.60 bits per heavy atom. The minimum absolute atomic E-state index is 0.0284. The van der Waals surface area contributed by atoms with Crippen LogP contribution in [-0.2, 0) is 4.74 Å². The Kier molecular flexibility index (Phi) is 6.29. The van der Waals surface area contributed by atoms with Crippen LogP contribution in [0.1, 0.15) is 78.1 Å². The van der Waals surface area contributed by atoms with Crippen molar-refractivity contribution >= 4 is 6.21 Å². The first-order valence-corrected chi connectivity index (χ1v) is 12.5. The van der Waals surface area contributed by atoms with E-state index < -0.39 is 5.60 Å². The summed E-state index contributed by atoms with van der Waals surface area (Å²) in [6.07, 6.45) is 14.0. The number of hydrogen-bond donors (Lipinski definition) is 2. The summed E-state index contributed by atoms with van der Waals surface area (Å²) in [5.74, 6) is 2.24. The van der Waals surface area contributed by atoms with Crippen LogP contribution in [0, 0.1) is 34.5 Å². The zero-order chi connectivity index (χ0) is 21.6. The standard InChI is InChI=1S/C25H45N3O2/c1-23-11-9-20(30-15-5-14-26)16-18(23)6-7-22-21(23)10-12-24(2)19(17-27-28(3)4)8-13-25(22,24)29/h17-22,29H,5-16,26H2,1-4H3/b27-17+/t18?,19?,20?,21-,22-,23+,24-,25-/m1/s1. The summed E-state index contributed by atoms with van der Waals surface area (Å²) in [4.78, 5) is 0. The average Bonchev–Trinajstić information content (AvgIpc) is 2.97. The molecule has 5 heteroatoms. The van der Waals surface area contributed by atoms with Crippen molar-refractivity contribution in [2.24, 2.45) is 45.3 Å². The molecule has 4 rings (SSSR count). The molecule has 0 spiro atoms. The van der Waals surface area contributed by atoms with Gasteiger partial charge in [-0.05, 0) is 93.9 Å². The number of ether oxygens (including phenoxy) is 1. The van der Waals surface area contributed by atoms with E-state index in [1.807, 2.05) is 19.1 Å². The van der Waals surface area contributed by atoms with Crippen LogP contribution in [0.15, 0.2) is 5.10 Å². The molecule has 0 amide bonds. The molecule has 5 nitrogen and oxygen atoms in total. The van der Waals surface area contributed by atoms with E-state index in [0.29, 0.717) is 29.3 Å². The molecule has 4 saturated carbocycles. The van der Waals surface area contributed by atoms with Crippen LogP contribution in [-0.4, -0.2) is 55.3 Å². The summed E-state index contributed by atoms with van der Waals surface area (Å²) in [6, 6.07) is 0. The van der Waals surface area contributed by atoms with Crippen LogP contribution in [0.3, 0.4) is 0 Å². The molecular weight excluding hydrogens is 374 g/mol. The molecule has 8 atom stereocenters. The number of hydrazone groups is 1. The summed E-state index contributed by atoms with van der Waals surface area (Å²) in [6.45, 7) is 6.44. The van der Waals surface area contributed by atoms with Crippen LogP contribution < -0.4 is 5.73 Å². The molecule has 0 saturated heterocycles. The summed E-state index contributed by atoms with van der Waals surface area (Å²) < 4.78 is 6.17. The highest BCUT2D eigenvalue weighted by molar-refractivity contribution is 5.63. The average molecular weight is 420 g/mol. The van der Waals surface area contributed by atoms with Crippen molar-refractivity contribution in [1.82, 2.24) is 5.01 Å². The molecule has 0 heterocycles. The van der Waals surface area contributed by atoms with Crippen molar-refractivity contribution in [2.45, 2.75) is 89.8 Å². The van der Waals surface area contributed by atoms with Crippen LogP contribution in [0.5, 0.6) is 0 Å². The highest BCUT2D eigenvalue weighted by Gasteiger charge is 2.66. The summed E-state index contributed by atoms with van der Waals surface area (Å²) in [5.41, 5.74) is 5.45. The Hall–Kier alpha value is -0.650. The Labute approximate surface area is 183 Å². The van der Waals surface area contributed by atoms with Gasteiger partial charge >= 0.3 is 0 Å². The smallest absolute Gasteiger partial charge is 0.0738 e. The predicted octanol–water partition coefficient (Wildman–Crippen LogP) is 4.04. The summed E-state index contributed by atoms with van der Waals surface area (Å²) in [7, 11) is 3.96. The highest BCUT2D eigenvalue weighted by atomic mass is 16.5. The predicted molar refractivity (Wildman–Crippen MR) is 122 cm³/mol. The van der Waals surface area contributed by atoms with Gasteiger partial charge in [0, 0.05) is 38.2 Å². The fourth-order valence-corrected chi connectivity index (χ4v) is 8.16. The third-order valence-corrected chi connectivity index (χ3v) is 10.1. The SMILES string of the molecule is CN(C)/N=C/C1CC[C@@]2(O)[C@@H]3CCC4CC(OCCCN)CC[C@]4(C)[C@@H]3CC[C@]12C. The fourth-order valence-electron chi connectivity index (χ4n) is 8.16. The molecule has 3 unspecified atom stereocenters. The van der Waals surface area contributed by atoms with Gasteiger partial charge in [-0.25, -0.2) is 0 Å². The van der Waals surface area contributed by atoms with E-state index in [1.54, 1.807) is 0 Å². The first kappa shape index (κ1) is 22.5. The third-order valence-electron chi connectivity index (χ3n) is 10.1. The molecule has 3 N–H and O–H groups in total. The second-order valence-electron chi connectivity index (χ2n) is 11.5. The number of fused-ring (bicyclic) bond motifs is 5. The first-order chi connectivity index (χ1) is 14.2. The Morgan fingerprint density at radius 2 is 1.87 bits per heavy atom. The molecule has 4 fully saturated rings. The van der Waals surface area contributed by atoms with E-state index in [9.17, 15) is 5.11 Å². The van der Waals surface area contributed by atoms with Gasteiger partial charge in [-0.3, -0.25) is 0 Å². The summed E-state index contributed by atoms with van der Waals surface area (Å²) >= 11 is 0. The molecule has 30 heavy (non-hydrogen) atoms. The molecule has 4 aliphatic rings. The van der Waals surface area contributed by atoms with Gasteiger partial charge in [-0.15, -0.1) is 0 Å². The number of hydrogen-bond acceptors (Lipinski definition) is 5. The van der Waals surface area contributed by atoms with Gasteiger partial charge in [-0.2, -0.15) is 5.10 Å². The largest absolute Gasteiger partial charge is 0.389 e. The molecule has 0 aromatic heterocycles. The quantitative estimate of drug-likeness (QED) is 0.387. The zero-order valence-electron chi connectivity index (χ0n) is 19.8. The van der Waals surface area contributed by atoms with E-state index in [-0.39, 0.29) is 5.41 Å². The van der Waals surface area contributed by atoms with Gasteiger partial charge in [0.05, 0.1) is 11.7 Å². The van der Waals surface area contributed by atoms with E-state index >= 15 is 0 Å². The third kappa shape index (κ3) is 3.53. The van der Waals surface area contributed by atoms with Crippen LogP contribution >= 0.6 is 0 Å². The lowest BCUT2D eigenvalue weighted by atomic mass is 9.43. The Morgan fingerprint density at radius 1 is 1.07 bits per heavy atom. The molecule has 0 aliphatic heterocycles. The van der Waals surface area contributed by atoms with Crippen molar-refractivity contribution < 1.29 is 9.84 Å². The van der Waals surface area contributed by atoms with Crippen molar-refractivity contribution in [3.8, 4) is 0 Å². The molecule has 172 valence electrons. The first-order valence-electron chi connectivity index (χ1n) is 12.5. The van der Waals surface area contributed by atoms with E-state index in [4.69, 9.17) is 10.5 Å². The minimum Gasteiger partial charge on any atom is -0.389 e. The van der Waals surface area contributed by atoms with E-state index in [0.717, 1.165) is 44.8 Å². The van der Waals surface area contributed by atoms with E-state index in [2.05, 4.69) is 25.2 Å². The Balaban J connectivity index is 1.50. The molecule has 0 aromatic carbocycles. The van der Waals surface area contributed by atoms with Gasteiger partial charge in [-0.1, -0.05) is 13.8 Å². The monoisotopic (exact) mass is 419 g/mol.